The average Bonchev–Trinajstić information content (AvgIpc) is 3.40. The molecule has 9 heteroatoms. The van der Waals surface area contributed by atoms with Gasteiger partial charge in [0.15, 0.2) is 11.3 Å². The molecule has 0 spiro atoms. The molecule has 0 fully saturated rings. The van der Waals surface area contributed by atoms with Crippen LogP contribution in [0.5, 0.6) is 5.75 Å². The van der Waals surface area contributed by atoms with E-state index in [1.54, 1.807) is 7.05 Å². The minimum atomic E-state index is -0.369. The lowest BCUT2D eigenvalue weighted by molar-refractivity contribution is -0.139. The van der Waals surface area contributed by atoms with Crippen molar-refractivity contribution in [2.24, 2.45) is 7.05 Å². The van der Waals surface area contributed by atoms with Crippen LogP contribution >= 0.6 is 0 Å². The maximum atomic E-state index is 13.5. The molecule has 2 heterocycles. The molecule has 0 aliphatic rings. The number of esters is 1. The van der Waals surface area contributed by atoms with Gasteiger partial charge in [-0.2, -0.15) is 0 Å². The van der Waals surface area contributed by atoms with Crippen molar-refractivity contribution in [3.05, 3.63) is 106 Å². The Kier molecular flexibility index (Phi) is 7.14. The first kappa shape index (κ1) is 25.7. The number of methoxy groups -OCH3 is 2. The standard InChI is InChI=1S/C30H28N4O5/c1-33(26(20-10-6-5-7-11-20)21-16-14-19(15-17-21)18-24(35)37-3)30-32-25(27(38-4)29(36)34(30)2)28-31-22-12-8-9-13-23(22)39-28/h5-17,26H,18H2,1-4H3. The Bertz CT molecular complexity index is 1640. The molecule has 0 saturated heterocycles. The molecule has 0 bridgehead atoms. The number of para-hydroxylation sites is 2. The molecular formula is C30H28N4O5. The maximum Gasteiger partial charge on any atom is 0.309 e. The predicted octanol–water partition coefficient (Wildman–Crippen LogP) is 4.54. The third kappa shape index (κ3) is 4.98. The molecule has 1 unspecified atom stereocenters. The third-order valence-corrected chi connectivity index (χ3v) is 6.62. The fraction of sp³-hybridized carbons (Fsp3) is 0.200. The lowest BCUT2D eigenvalue weighted by Gasteiger charge is -2.31. The summed E-state index contributed by atoms with van der Waals surface area (Å²) in [5.41, 5.74) is 3.88. The van der Waals surface area contributed by atoms with Gasteiger partial charge in [-0.1, -0.05) is 66.7 Å². The fourth-order valence-electron chi connectivity index (χ4n) is 4.64. The Labute approximate surface area is 225 Å². The van der Waals surface area contributed by atoms with E-state index < -0.39 is 0 Å². The van der Waals surface area contributed by atoms with E-state index in [0.29, 0.717) is 17.0 Å². The first-order chi connectivity index (χ1) is 18.9. The normalized spacial score (nSPS) is 11.8. The number of benzene rings is 3. The predicted molar refractivity (Wildman–Crippen MR) is 148 cm³/mol. The van der Waals surface area contributed by atoms with Crippen molar-refractivity contribution >= 4 is 23.0 Å². The molecule has 198 valence electrons. The number of oxazole rings is 1. The van der Waals surface area contributed by atoms with E-state index in [-0.39, 0.29) is 41.3 Å². The van der Waals surface area contributed by atoms with Crippen molar-refractivity contribution in [1.82, 2.24) is 14.5 Å². The van der Waals surface area contributed by atoms with Gasteiger partial charge in [0, 0.05) is 14.1 Å². The summed E-state index contributed by atoms with van der Waals surface area (Å²) >= 11 is 0. The quantitative estimate of drug-likeness (QED) is 0.273. The highest BCUT2D eigenvalue weighted by Crippen LogP contribution is 2.34. The summed E-state index contributed by atoms with van der Waals surface area (Å²) in [4.78, 5) is 36.5. The van der Waals surface area contributed by atoms with Crippen LogP contribution in [-0.4, -0.2) is 41.8 Å². The van der Waals surface area contributed by atoms with Gasteiger partial charge in [0.05, 0.1) is 26.7 Å². The molecule has 0 aliphatic carbocycles. The third-order valence-electron chi connectivity index (χ3n) is 6.62. The number of rotatable bonds is 8. The van der Waals surface area contributed by atoms with Gasteiger partial charge in [0.2, 0.25) is 11.7 Å². The Hall–Kier alpha value is -4.92. The molecule has 3 aromatic carbocycles. The van der Waals surface area contributed by atoms with Crippen molar-refractivity contribution in [3.63, 3.8) is 0 Å². The highest BCUT2D eigenvalue weighted by molar-refractivity contribution is 5.76. The van der Waals surface area contributed by atoms with Crippen molar-refractivity contribution in [2.45, 2.75) is 12.5 Å². The Balaban J connectivity index is 1.63. The number of hydrogen-bond acceptors (Lipinski definition) is 8. The molecule has 0 saturated carbocycles. The molecule has 0 N–H and O–H groups in total. The highest BCUT2D eigenvalue weighted by atomic mass is 16.5. The summed E-state index contributed by atoms with van der Waals surface area (Å²) in [6.07, 6.45) is 0.186. The molecule has 5 aromatic rings. The second kappa shape index (κ2) is 10.8. The Morgan fingerprint density at radius 3 is 2.28 bits per heavy atom. The van der Waals surface area contributed by atoms with Gasteiger partial charge < -0.3 is 18.8 Å². The zero-order valence-electron chi connectivity index (χ0n) is 22.1. The molecule has 0 amide bonds. The van der Waals surface area contributed by atoms with Crippen LogP contribution in [0.25, 0.3) is 22.7 Å². The van der Waals surface area contributed by atoms with Crippen LogP contribution in [0.1, 0.15) is 22.7 Å². The summed E-state index contributed by atoms with van der Waals surface area (Å²) in [5.74, 6) is 0.336. The van der Waals surface area contributed by atoms with Gasteiger partial charge in [-0.05, 0) is 28.8 Å². The summed E-state index contributed by atoms with van der Waals surface area (Å²) in [6, 6.07) is 24.7. The topological polar surface area (TPSA) is 99.7 Å². The zero-order valence-corrected chi connectivity index (χ0v) is 22.1. The fourth-order valence-corrected chi connectivity index (χ4v) is 4.64. The van der Waals surface area contributed by atoms with Gasteiger partial charge >= 0.3 is 5.97 Å². The molecule has 0 aliphatic heterocycles. The van der Waals surface area contributed by atoms with E-state index in [9.17, 15) is 9.59 Å². The smallest absolute Gasteiger partial charge is 0.309 e. The lowest BCUT2D eigenvalue weighted by Crippen LogP contribution is -2.33. The number of carbonyl (C=O) groups is 1. The minimum Gasteiger partial charge on any atom is -0.489 e. The molecule has 5 rings (SSSR count). The van der Waals surface area contributed by atoms with E-state index in [1.807, 2.05) is 90.8 Å². The van der Waals surface area contributed by atoms with Crippen molar-refractivity contribution in [1.29, 1.82) is 0 Å². The zero-order chi connectivity index (χ0) is 27.5. The molecule has 1 atom stereocenters. The van der Waals surface area contributed by atoms with Gasteiger partial charge in [0.1, 0.15) is 5.52 Å². The number of carbonyl (C=O) groups excluding carboxylic acids is 1. The van der Waals surface area contributed by atoms with Crippen molar-refractivity contribution in [3.8, 4) is 17.3 Å². The van der Waals surface area contributed by atoms with Crippen LogP contribution < -0.4 is 15.2 Å². The number of anilines is 1. The molecule has 9 nitrogen and oxygen atoms in total. The molecule has 0 radical (unpaired) electrons. The average molecular weight is 525 g/mol. The lowest BCUT2D eigenvalue weighted by atomic mass is 9.96. The van der Waals surface area contributed by atoms with E-state index in [2.05, 4.69) is 4.98 Å². The molecule has 39 heavy (non-hydrogen) atoms. The Morgan fingerprint density at radius 1 is 0.949 bits per heavy atom. The molecular weight excluding hydrogens is 496 g/mol. The summed E-state index contributed by atoms with van der Waals surface area (Å²) < 4.78 is 17.7. The van der Waals surface area contributed by atoms with Crippen LogP contribution in [-0.2, 0) is 23.0 Å². The second-order valence-corrected chi connectivity index (χ2v) is 9.06. The van der Waals surface area contributed by atoms with Crippen molar-refractivity contribution < 1.29 is 18.7 Å². The van der Waals surface area contributed by atoms with E-state index >= 15 is 0 Å². The minimum absolute atomic E-state index is 0.0460. The number of fused-ring (bicyclic) bond motifs is 1. The number of ether oxygens (including phenoxy) is 2. The van der Waals surface area contributed by atoms with E-state index in [1.165, 1.54) is 18.8 Å². The van der Waals surface area contributed by atoms with Crippen molar-refractivity contribution in [2.75, 3.05) is 26.2 Å². The van der Waals surface area contributed by atoms with Crippen LogP contribution in [0.15, 0.2) is 88.1 Å². The monoisotopic (exact) mass is 524 g/mol. The SMILES string of the molecule is COC(=O)Cc1ccc(C(c2ccccc2)N(C)c2nc(-c3nc4ccccc4o3)c(OC)c(=O)n2C)cc1. The first-order valence-electron chi connectivity index (χ1n) is 12.4. The van der Waals surface area contributed by atoms with E-state index in [4.69, 9.17) is 18.9 Å². The largest absolute Gasteiger partial charge is 0.489 e. The Morgan fingerprint density at radius 2 is 1.62 bits per heavy atom. The van der Waals surface area contributed by atoms with E-state index in [0.717, 1.165) is 16.7 Å². The number of nitrogens with zero attached hydrogens (tertiary/aromatic N) is 4. The van der Waals surface area contributed by atoms with Gasteiger partial charge in [0.25, 0.3) is 11.4 Å². The van der Waals surface area contributed by atoms with Crippen LogP contribution in [0, 0.1) is 0 Å². The van der Waals surface area contributed by atoms with Gasteiger partial charge in [-0.3, -0.25) is 14.2 Å². The summed E-state index contributed by atoms with van der Waals surface area (Å²) in [7, 11) is 6.33. The van der Waals surface area contributed by atoms with Crippen LogP contribution in [0.4, 0.5) is 5.95 Å². The van der Waals surface area contributed by atoms with Gasteiger partial charge in [-0.25, -0.2) is 9.97 Å². The second-order valence-electron chi connectivity index (χ2n) is 9.06. The van der Waals surface area contributed by atoms with Crippen LogP contribution in [0.3, 0.4) is 0 Å². The molecule has 2 aromatic heterocycles. The summed E-state index contributed by atoms with van der Waals surface area (Å²) in [6.45, 7) is 0. The first-order valence-corrected chi connectivity index (χ1v) is 12.4. The van der Waals surface area contributed by atoms with Crippen LogP contribution in [0.2, 0.25) is 0 Å². The highest BCUT2D eigenvalue weighted by Gasteiger charge is 2.27. The number of aromatic nitrogens is 3. The maximum absolute atomic E-state index is 13.5. The number of hydrogen-bond donors (Lipinski definition) is 0. The van der Waals surface area contributed by atoms with Gasteiger partial charge in [-0.15, -0.1) is 0 Å². The summed E-state index contributed by atoms with van der Waals surface area (Å²) in [5, 5.41) is 0.